The van der Waals surface area contributed by atoms with Gasteiger partial charge in [0.05, 0.1) is 29.1 Å². The molecule has 0 radical (unpaired) electrons. The largest absolute Gasteiger partial charge is 0.490 e. The van der Waals surface area contributed by atoms with Gasteiger partial charge in [0, 0.05) is 29.3 Å². The zero-order chi connectivity index (χ0) is 20.3. The average Bonchev–Trinajstić information content (AvgIpc) is 2.70. The maximum absolute atomic E-state index is 12.3. The van der Waals surface area contributed by atoms with Crippen LogP contribution in [0.2, 0.25) is 0 Å². The Bertz CT molecular complexity index is 958. The number of rotatable bonds is 6. The molecule has 0 spiro atoms. The van der Waals surface area contributed by atoms with Crippen molar-refractivity contribution in [2.75, 3.05) is 13.9 Å². The monoisotopic (exact) mass is 390 g/mol. The second kappa shape index (κ2) is 7.88. The first-order valence-electron chi connectivity index (χ1n) is 7.91. The molecule has 1 heterocycles. The van der Waals surface area contributed by atoms with E-state index in [9.17, 15) is 25.0 Å². The van der Waals surface area contributed by atoms with Crippen LogP contribution in [-0.4, -0.2) is 29.7 Å². The molecule has 0 unspecified atom stereocenters. The van der Waals surface area contributed by atoms with Gasteiger partial charge in [-0.2, -0.15) is 0 Å². The van der Waals surface area contributed by atoms with E-state index in [2.05, 4.69) is 0 Å². The number of ether oxygens (including phenoxy) is 4. The normalized spacial score (nSPS) is 12.5. The average molecular weight is 390 g/mol. The number of esters is 1. The molecule has 1 aliphatic rings. The van der Waals surface area contributed by atoms with Crippen LogP contribution in [0.1, 0.15) is 21.5 Å². The highest BCUT2D eigenvalue weighted by atomic mass is 16.7. The number of carbonyl (C=O) groups excluding carboxylic acids is 1. The van der Waals surface area contributed by atoms with Gasteiger partial charge in [-0.15, -0.1) is 0 Å². The fourth-order valence-electron chi connectivity index (χ4n) is 2.68. The first kappa shape index (κ1) is 19.0. The van der Waals surface area contributed by atoms with Crippen LogP contribution in [-0.2, 0) is 22.7 Å². The van der Waals surface area contributed by atoms with E-state index in [-0.39, 0.29) is 42.7 Å². The molecule has 11 heteroatoms. The van der Waals surface area contributed by atoms with Crippen molar-refractivity contribution in [3.05, 3.63) is 67.3 Å². The Morgan fingerprint density at radius 2 is 1.96 bits per heavy atom. The number of hydrogen-bond acceptors (Lipinski definition) is 9. The number of benzene rings is 2. The second-order valence-corrected chi connectivity index (χ2v) is 5.68. The molecule has 2 aromatic rings. The van der Waals surface area contributed by atoms with Gasteiger partial charge in [0.15, 0.2) is 12.5 Å². The standard InChI is InChI=1S/C17H14N2O9/c1-25-15-3-2-10(6-14(15)19(23)24)17(20)27-8-12-5-13(18(21)22)4-11-7-26-9-28-16(11)12/h2-6H,7-9H2,1H3. The minimum absolute atomic E-state index is 0.00250. The highest BCUT2D eigenvalue weighted by Gasteiger charge is 2.23. The molecule has 28 heavy (non-hydrogen) atoms. The summed E-state index contributed by atoms with van der Waals surface area (Å²) in [6, 6.07) is 6.21. The van der Waals surface area contributed by atoms with Gasteiger partial charge in [0.25, 0.3) is 5.69 Å². The Kier molecular flexibility index (Phi) is 5.36. The van der Waals surface area contributed by atoms with Crippen molar-refractivity contribution in [2.24, 2.45) is 0 Å². The first-order valence-corrected chi connectivity index (χ1v) is 7.91. The molecule has 0 saturated carbocycles. The van der Waals surface area contributed by atoms with E-state index in [0.29, 0.717) is 16.9 Å². The Morgan fingerprint density at radius 1 is 1.18 bits per heavy atom. The van der Waals surface area contributed by atoms with Gasteiger partial charge in [-0.25, -0.2) is 4.79 Å². The molecule has 146 valence electrons. The van der Waals surface area contributed by atoms with E-state index in [1.807, 2.05) is 0 Å². The molecule has 0 fully saturated rings. The lowest BCUT2D eigenvalue weighted by atomic mass is 10.1. The number of carbonyl (C=O) groups is 1. The molecule has 11 nitrogen and oxygen atoms in total. The molecule has 2 aromatic carbocycles. The summed E-state index contributed by atoms with van der Waals surface area (Å²) in [5, 5.41) is 22.2. The van der Waals surface area contributed by atoms with Gasteiger partial charge in [-0.1, -0.05) is 0 Å². The molecular formula is C17H14N2O9. The van der Waals surface area contributed by atoms with Crippen LogP contribution in [0.4, 0.5) is 11.4 Å². The molecule has 0 atom stereocenters. The van der Waals surface area contributed by atoms with Crippen molar-refractivity contribution in [1.82, 2.24) is 0 Å². The Balaban J connectivity index is 1.83. The Morgan fingerprint density at radius 3 is 2.64 bits per heavy atom. The summed E-state index contributed by atoms with van der Waals surface area (Å²) < 4.78 is 20.5. The summed E-state index contributed by atoms with van der Waals surface area (Å²) in [6.07, 6.45) is 0. The van der Waals surface area contributed by atoms with Gasteiger partial charge in [0.2, 0.25) is 0 Å². The van der Waals surface area contributed by atoms with Gasteiger partial charge in [0.1, 0.15) is 12.4 Å². The molecular weight excluding hydrogens is 376 g/mol. The van der Waals surface area contributed by atoms with Crippen molar-refractivity contribution in [3.8, 4) is 11.5 Å². The van der Waals surface area contributed by atoms with Crippen molar-refractivity contribution < 1.29 is 33.6 Å². The molecule has 0 aliphatic carbocycles. The minimum atomic E-state index is -0.835. The fourth-order valence-corrected chi connectivity index (χ4v) is 2.68. The van der Waals surface area contributed by atoms with E-state index in [1.165, 1.54) is 31.4 Å². The number of nitro groups is 2. The van der Waals surface area contributed by atoms with E-state index in [1.54, 1.807) is 0 Å². The summed E-state index contributed by atoms with van der Waals surface area (Å²) in [7, 11) is 1.27. The van der Waals surface area contributed by atoms with E-state index < -0.39 is 15.8 Å². The first-order chi connectivity index (χ1) is 13.4. The minimum Gasteiger partial charge on any atom is -0.490 e. The SMILES string of the molecule is COc1ccc(C(=O)OCc2cc([N+](=O)[O-])cc3c2OCOC3)cc1[N+](=O)[O-]. The van der Waals surface area contributed by atoms with Crippen LogP contribution in [0.25, 0.3) is 0 Å². The molecule has 0 aromatic heterocycles. The lowest BCUT2D eigenvalue weighted by molar-refractivity contribution is -0.385. The van der Waals surface area contributed by atoms with Gasteiger partial charge in [-0.3, -0.25) is 20.2 Å². The lowest BCUT2D eigenvalue weighted by Gasteiger charge is -2.20. The van der Waals surface area contributed by atoms with Crippen LogP contribution in [0.3, 0.4) is 0 Å². The van der Waals surface area contributed by atoms with Crippen LogP contribution in [0, 0.1) is 20.2 Å². The smallest absolute Gasteiger partial charge is 0.338 e. The molecule has 0 amide bonds. The number of nitro benzene ring substituents is 2. The van der Waals surface area contributed by atoms with E-state index in [0.717, 1.165) is 6.07 Å². The fraction of sp³-hybridized carbons (Fsp3) is 0.235. The number of methoxy groups -OCH3 is 1. The highest BCUT2D eigenvalue weighted by molar-refractivity contribution is 5.90. The second-order valence-electron chi connectivity index (χ2n) is 5.68. The lowest BCUT2D eigenvalue weighted by Crippen LogP contribution is -2.15. The van der Waals surface area contributed by atoms with Crippen molar-refractivity contribution in [3.63, 3.8) is 0 Å². The zero-order valence-corrected chi connectivity index (χ0v) is 14.6. The van der Waals surface area contributed by atoms with Gasteiger partial charge in [-0.05, 0) is 12.1 Å². The summed E-state index contributed by atoms with van der Waals surface area (Å²) in [5.41, 5.74) is 0.121. The van der Waals surface area contributed by atoms with Crippen molar-refractivity contribution >= 4 is 17.3 Å². The zero-order valence-electron chi connectivity index (χ0n) is 14.6. The maximum Gasteiger partial charge on any atom is 0.338 e. The number of hydrogen-bond donors (Lipinski definition) is 0. The third-order valence-corrected chi connectivity index (χ3v) is 3.95. The van der Waals surface area contributed by atoms with Gasteiger partial charge >= 0.3 is 11.7 Å². The third kappa shape index (κ3) is 3.83. The number of non-ortho nitro benzene ring substituents is 1. The summed E-state index contributed by atoms with van der Waals surface area (Å²) in [6.45, 7) is -0.220. The summed E-state index contributed by atoms with van der Waals surface area (Å²) in [4.78, 5) is 33.2. The van der Waals surface area contributed by atoms with Crippen molar-refractivity contribution in [2.45, 2.75) is 13.2 Å². The molecule has 3 rings (SSSR count). The van der Waals surface area contributed by atoms with E-state index >= 15 is 0 Å². The quantitative estimate of drug-likeness (QED) is 0.413. The molecule has 0 saturated heterocycles. The number of fused-ring (bicyclic) bond motifs is 1. The van der Waals surface area contributed by atoms with Crippen LogP contribution in [0.5, 0.6) is 11.5 Å². The van der Waals surface area contributed by atoms with Gasteiger partial charge < -0.3 is 18.9 Å². The predicted molar refractivity (Wildman–Crippen MR) is 92.1 cm³/mol. The van der Waals surface area contributed by atoms with Crippen LogP contribution in [0.15, 0.2) is 30.3 Å². The Hall–Kier alpha value is -3.73. The summed E-state index contributed by atoms with van der Waals surface area (Å²) in [5.74, 6) is -0.480. The maximum atomic E-state index is 12.3. The van der Waals surface area contributed by atoms with Crippen molar-refractivity contribution in [1.29, 1.82) is 0 Å². The van der Waals surface area contributed by atoms with Crippen LogP contribution < -0.4 is 9.47 Å². The molecule has 0 N–H and O–H groups in total. The Labute approximate surface area is 157 Å². The highest BCUT2D eigenvalue weighted by Crippen LogP contribution is 2.33. The molecule has 1 aliphatic heterocycles. The number of nitrogens with zero attached hydrogens (tertiary/aromatic N) is 2. The molecule has 0 bridgehead atoms. The van der Waals surface area contributed by atoms with E-state index in [4.69, 9.17) is 18.9 Å². The topological polar surface area (TPSA) is 140 Å². The third-order valence-electron chi connectivity index (χ3n) is 3.95. The summed E-state index contributed by atoms with van der Waals surface area (Å²) >= 11 is 0. The predicted octanol–water partition coefficient (Wildman–Crippen LogP) is 2.74. The van der Waals surface area contributed by atoms with Crippen LogP contribution >= 0.6 is 0 Å².